The molecular formula is C25H20N2O4S2. The number of anilines is 1. The summed E-state index contributed by atoms with van der Waals surface area (Å²) >= 11 is 2.93. The van der Waals surface area contributed by atoms with E-state index in [-0.39, 0.29) is 63.2 Å². The van der Waals surface area contributed by atoms with Crippen LogP contribution >= 0.6 is 23.1 Å². The summed E-state index contributed by atoms with van der Waals surface area (Å²) in [5.74, 6) is -0.213. The first-order valence-corrected chi connectivity index (χ1v) is 12.8. The van der Waals surface area contributed by atoms with Crippen LogP contribution in [0.5, 0.6) is 5.75 Å². The zero-order valence-electron chi connectivity index (χ0n) is 17.4. The molecule has 2 aliphatic carbocycles. The highest BCUT2D eigenvalue weighted by Gasteiger charge is 2.69. The van der Waals surface area contributed by atoms with Crippen LogP contribution < -0.4 is 9.77 Å². The van der Waals surface area contributed by atoms with E-state index >= 15 is 0 Å². The number of thioether (sulfide) groups is 1. The Morgan fingerprint density at radius 1 is 0.909 bits per heavy atom. The summed E-state index contributed by atoms with van der Waals surface area (Å²) in [5.41, 5.74) is 1.69. The van der Waals surface area contributed by atoms with E-state index in [9.17, 15) is 19.5 Å². The second-order valence-corrected chi connectivity index (χ2v) is 11.6. The Kier molecular flexibility index (Phi) is 4.06. The Labute approximate surface area is 197 Å². The van der Waals surface area contributed by atoms with Gasteiger partial charge in [0.15, 0.2) is 0 Å². The van der Waals surface area contributed by atoms with Crippen LogP contribution in [-0.4, -0.2) is 27.2 Å². The van der Waals surface area contributed by atoms with Gasteiger partial charge in [0.1, 0.15) is 5.75 Å². The number of H-pyrrole nitrogens is 1. The molecule has 2 N–H and O–H groups in total. The van der Waals surface area contributed by atoms with Crippen LogP contribution in [0.15, 0.2) is 64.4 Å². The molecule has 1 aromatic heterocycles. The first-order valence-electron chi connectivity index (χ1n) is 11.1. The van der Waals surface area contributed by atoms with Gasteiger partial charge in [-0.1, -0.05) is 41.7 Å². The number of carbonyl (C=O) groups excluding carboxylic acids is 2. The van der Waals surface area contributed by atoms with E-state index in [0.29, 0.717) is 5.69 Å². The van der Waals surface area contributed by atoms with Crippen LogP contribution in [0.4, 0.5) is 5.69 Å². The standard InChI is InChI=1S/C25H20N2O4S2/c28-13-8-6-11(7-9-13)16-17-14-10-15(20(17)32-22-21(16)33-25(31)26-22)19-18(14)23(29)27(24(19)30)12-4-2-1-3-5-12/h1-9,14-20,28H,10H2,(H,26,31)/t14-,15-,16-,17-,18+,19-,20+/m1/s1. The number of phenols is 1. The van der Waals surface area contributed by atoms with Crippen molar-refractivity contribution in [2.75, 3.05) is 4.90 Å². The molecule has 8 heteroatoms. The number of fused-ring (bicyclic) bond motifs is 9. The second kappa shape index (κ2) is 6.84. The van der Waals surface area contributed by atoms with Crippen LogP contribution in [-0.2, 0) is 9.59 Å². The monoisotopic (exact) mass is 476 g/mol. The molecule has 6 nitrogen and oxygen atoms in total. The number of nitrogens with one attached hydrogen (secondary N) is 1. The van der Waals surface area contributed by atoms with E-state index in [1.165, 1.54) is 16.2 Å². The van der Waals surface area contributed by atoms with Gasteiger partial charge in [0.2, 0.25) is 11.8 Å². The zero-order valence-corrected chi connectivity index (χ0v) is 19.0. The maximum absolute atomic E-state index is 13.6. The highest BCUT2D eigenvalue weighted by Crippen LogP contribution is 2.68. The fourth-order valence-corrected chi connectivity index (χ4v) is 9.79. The van der Waals surface area contributed by atoms with Gasteiger partial charge >= 0.3 is 4.87 Å². The van der Waals surface area contributed by atoms with Gasteiger partial charge in [-0.25, -0.2) is 0 Å². The molecule has 2 aromatic carbocycles. The lowest BCUT2D eigenvalue weighted by Gasteiger charge is -2.43. The van der Waals surface area contributed by atoms with Gasteiger partial charge in [0, 0.05) is 16.0 Å². The number of nitrogens with zero attached hydrogens (tertiary/aromatic N) is 1. The largest absolute Gasteiger partial charge is 0.508 e. The summed E-state index contributed by atoms with van der Waals surface area (Å²) in [6.45, 7) is 0. The van der Waals surface area contributed by atoms with Crippen molar-refractivity contribution in [2.45, 2.75) is 22.6 Å². The third kappa shape index (κ3) is 2.59. The second-order valence-electron chi connectivity index (χ2n) is 9.40. The quantitative estimate of drug-likeness (QED) is 0.549. The van der Waals surface area contributed by atoms with Crippen molar-refractivity contribution >= 4 is 40.6 Å². The molecule has 166 valence electrons. The van der Waals surface area contributed by atoms with Gasteiger partial charge in [0.25, 0.3) is 0 Å². The van der Waals surface area contributed by atoms with E-state index in [0.717, 1.165) is 21.9 Å². The SMILES string of the molecule is O=C1[C@@H]2[C@H]3C[C@@H]([C@@H]2C(=O)N1c1ccccc1)[C@@H]1[C@@H](c2ccc(O)cc2)c2sc(=O)[nH]c2S[C@@H]31. The van der Waals surface area contributed by atoms with Crippen LogP contribution in [0.3, 0.4) is 0 Å². The van der Waals surface area contributed by atoms with Crippen molar-refractivity contribution in [3.63, 3.8) is 0 Å². The highest BCUT2D eigenvalue weighted by atomic mass is 32.2. The number of benzene rings is 2. The van der Waals surface area contributed by atoms with E-state index in [1.54, 1.807) is 23.9 Å². The minimum atomic E-state index is -0.304. The zero-order chi connectivity index (χ0) is 22.4. The summed E-state index contributed by atoms with van der Waals surface area (Å²) < 4.78 is 0. The molecule has 33 heavy (non-hydrogen) atoms. The molecular weight excluding hydrogens is 456 g/mol. The number of amides is 2. The first-order chi connectivity index (χ1) is 16.0. The van der Waals surface area contributed by atoms with Crippen molar-refractivity contribution in [3.05, 3.63) is 74.7 Å². The van der Waals surface area contributed by atoms with Crippen LogP contribution in [0.1, 0.15) is 22.8 Å². The molecule has 7 atom stereocenters. The normalized spacial score (nSPS) is 33.8. The van der Waals surface area contributed by atoms with Gasteiger partial charge in [-0.3, -0.25) is 19.3 Å². The highest BCUT2D eigenvalue weighted by molar-refractivity contribution is 8.00. The minimum Gasteiger partial charge on any atom is -0.508 e. The molecule has 3 fully saturated rings. The van der Waals surface area contributed by atoms with E-state index < -0.39 is 0 Å². The summed E-state index contributed by atoms with van der Waals surface area (Å²) in [6.07, 6.45) is 0.867. The van der Waals surface area contributed by atoms with Crippen LogP contribution in [0.25, 0.3) is 0 Å². The number of aromatic amines is 1. The van der Waals surface area contributed by atoms with Gasteiger partial charge in [-0.2, -0.15) is 0 Å². The predicted molar refractivity (Wildman–Crippen MR) is 126 cm³/mol. The minimum absolute atomic E-state index is 0.0274. The third-order valence-electron chi connectivity index (χ3n) is 7.99. The molecule has 2 aliphatic heterocycles. The summed E-state index contributed by atoms with van der Waals surface area (Å²) in [4.78, 5) is 44.8. The lowest BCUT2D eigenvalue weighted by Crippen LogP contribution is -2.42. The van der Waals surface area contributed by atoms with E-state index in [1.807, 2.05) is 42.5 Å². The number of hydrogen-bond donors (Lipinski definition) is 2. The number of para-hydroxylation sites is 1. The number of hydrogen-bond acceptors (Lipinski definition) is 6. The van der Waals surface area contributed by atoms with Crippen molar-refractivity contribution in [2.24, 2.45) is 29.6 Å². The Morgan fingerprint density at radius 3 is 2.33 bits per heavy atom. The van der Waals surface area contributed by atoms with Crippen molar-refractivity contribution in [1.29, 1.82) is 0 Å². The Hall–Kier alpha value is -2.84. The lowest BCUT2D eigenvalue weighted by atomic mass is 9.68. The number of phenolic OH excluding ortho intramolecular Hbond substituents is 1. The van der Waals surface area contributed by atoms with Gasteiger partial charge in [-0.15, -0.1) is 11.8 Å². The third-order valence-corrected chi connectivity index (χ3v) is 10.6. The summed E-state index contributed by atoms with van der Waals surface area (Å²) in [7, 11) is 0. The molecule has 2 bridgehead atoms. The number of thiazole rings is 1. The molecule has 0 radical (unpaired) electrons. The smallest absolute Gasteiger partial charge is 0.305 e. The van der Waals surface area contributed by atoms with Crippen LogP contribution in [0, 0.1) is 29.6 Å². The predicted octanol–water partition coefficient (Wildman–Crippen LogP) is 3.82. The average Bonchev–Trinajstić information content (AvgIpc) is 3.54. The topological polar surface area (TPSA) is 90.5 Å². The number of rotatable bonds is 2. The fraction of sp³-hybridized carbons (Fsp3) is 0.320. The molecule has 4 aliphatic rings. The number of aromatic hydroxyl groups is 1. The number of aromatic nitrogens is 1. The molecule has 3 heterocycles. The molecule has 1 saturated heterocycles. The average molecular weight is 477 g/mol. The lowest BCUT2D eigenvalue weighted by molar-refractivity contribution is -0.123. The van der Waals surface area contributed by atoms with Gasteiger partial charge in [0.05, 0.1) is 22.5 Å². The molecule has 0 unspecified atom stereocenters. The number of carbonyl (C=O) groups is 2. The number of imide groups is 1. The molecule has 2 amide bonds. The Bertz CT molecular complexity index is 1350. The molecule has 0 spiro atoms. The Balaban J connectivity index is 1.34. The Morgan fingerprint density at radius 2 is 1.61 bits per heavy atom. The summed E-state index contributed by atoms with van der Waals surface area (Å²) in [6, 6.07) is 16.4. The van der Waals surface area contributed by atoms with E-state index in [2.05, 4.69) is 4.98 Å². The van der Waals surface area contributed by atoms with Gasteiger partial charge in [-0.05, 0) is 54.0 Å². The maximum atomic E-state index is 13.6. The van der Waals surface area contributed by atoms with Crippen molar-refractivity contribution in [3.8, 4) is 5.75 Å². The molecule has 7 rings (SSSR count). The molecule has 3 aromatic rings. The van der Waals surface area contributed by atoms with Crippen molar-refractivity contribution in [1.82, 2.24) is 4.98 Å². The van der Waals surface area contributed by atoms with Gasteiger partial charge < -0.3 is 10.1 Å². The van der Waals surface area contributed by atoms with Crippen molar-refractivity contribution < 1.29 is 14.7 Å². The first kappa shape index (κ1) is 19.6. The fourth-order valence-electron chi connectivity index (χ4n) is 6.90. The van der Waals surface area contributed by atoms with Crippen LogP contribution in [0.2, 0.25) is 0 Å². The maximum Gasteiger partial charge on any atom is 0.305 e. The summed E-state index contributed by atoms with van der Waals surface area (Å²) in [5, 5.41) is 10.9. The molecule has 2 saturated carbocycles. The van der Waals surface area contributed by atoms with E-state index in [4.69, 9.17) is 0 Å².